The van der Waals surface area contributed by atoms with Crippen molar-refractivity contribution < 1.29 is 13.2 Å². The summed E-state index contributed by atoms with van der Waals surface area (Å²) in [5, 5.41) is 6.30. The van der Waals surface area contributed by atoms with Gasteiger partial charge in [-0.2, -0.15) is 0 Å². The lowest BCUT2D eigenvalue weighted by atomic mass is 10.1. The molecule has 0 spiro atoms. The van der Waals surface area contributed by atoms with E-state index in [0.717, 1.165) is 31.5 Å². The molecule has 0 saturated carbocycles. The Kier molecular flexibility index (Phi) is 5.74. The van der Waals surface area contributed by atoms with E-state index in [9.17, 15) is 13.2 Å². The molecule has 2 N–H and O–H groups in total. The van der Waals surface area contributed by atoms with Crippen LogP contribution in [0.1, 0.15) is 34.3 Å². The number of sulfone groups is 1. The van der Waals surface area contributed by atoms with E-state index < -0.39 is 9.84 Å². The zero-order valence-electron chi connectivity index (χ0n) is 14.9. The van der Waals surface area contributed by atoms with Crippen LogP contribution in [-0.4, -0.2) is 33.5 Å². The highest BCUT2D eigenvalue weighted by atomic mass is 32.2. The van der Waals surface area contributed by atoms with E-state index in [1.807, 2.05) is 6.92 Å². The Morgan fingerprint density at radius 1 is 1.04 bits per heavy atom. The molecule has 138 valence electrons. The highest BCUT2D eigenvalue weighted by Crippen LogP contribution is 2.17. The molecule has 26 heavy (non-hydrogen) atoms. The third kappa shape index (κ3) is 4.71. The highest BCUT2D eigenvalue weighted by Gasteiger charge is 2.18. The number of rotatable bonds is 5. The van der Waals surface area contributed by atoms with Crippen LogP contribution in [0.25, 0.3) is 0 Å². The average Bonchev–Trinajstić information content (AvgIpc) is 2.63. The van der Waals surface area contributed by atoms with Gasteiger partial charge < -0.3 is 10.6 Å². The molecule has 1 saturated heterocycles. The van der Waals surface area contributed by atoms with Gasteiger partial charge in [-0.1, -0.05) is 29.8 Å². The van der Waals surface area contributed by atoms with Gasteiger partial charge in [-0.25, -0.2) is 8.42 Å². The number of nitrogens with one attached hydrogen (secondary N) is 2. The summed E-state index contributed by atoms with van der Waals surface area (Å²) in [5.74, 6) is -0.184. The molecule has 0 bridgehead atoms. The molecule has 1 fully saturated rings. The third-order valence-corrected chi connectivity index (χ3v) is 6.33. The van der Waals surface area contributed by atoms with Gasteiger partial charge in [-0.05, 0) is 62.7 Å². The monoisotopic (exact) mass is 372 g/mol. The van der Waals surface area contributed by atoms with Gasteiger partial charge in [-0.15, -0.1) is 0 Å². The van der Waals surface area contributed by atoms with Crippen molar-refractivity contribution in [2.75, 3.05) is 13.1 Å². The van der Waals surface area contributed by atoms with Crippen molar-refractivity contribution >= 4 is 15.7 Å². The molecular weight excluding hydrogens is 348 g/mol. The fourth-order valence-corrected chi connectivity index (χ4v) is 4.38. The third-order valence-electron chi connectivity index (χ3n) is 4.63. The van der Waals surface area contributed by atoms with Crippen molar-refractivity contribution in [1.29, 1.82) is 0 Å². The molecule has 2 aromatic rings. The van der Waals surface area contributed by atoms with Crippen LogP contribution in [0.3, 0.4) is 0 Å². The zero-order chi connectivity index (χ0) is 18.6. The molecular formula is C20H24N2O3S. The first-order valence-electron chi connectivity index (χ1n) is 8.84. The summed E-state index contributed by atoms with van der Waals surface area (Å²) in [6.45, 7) is 3.76. The number of hydrogen-bond donors (Lipinski definition) is 2. The second kappa shape index (κ2) is 8.01. The van der Waals surface area contributed by atoms with Crippen molar-refractivity contribution in [3.05, 3.63) is 65.2 Å². The molecule has 1 heterocycles. The molecule has 0 unspecified atom stereocenters. The van der Waals surface area contributed by atoms with Gasteiger partial charge in [0.25, 0.3) is 5.91 Å². The summed E-state index contributed by atoms with van der Waals surface area (Å²) < 4.78 is 25.0. The summed E-state index contributed by atoms with van der Waals surface area (Å²) in [6, 6.07) is 13.9. The predicted octanol–water partition coefficient (Wildman–Crippen LogP) is 2.45. The molecule has 0 aliphatic carbocycles. The van der Waals surface area contributed by atoms with E-state index in [2.05, 4.69) is 10.6 Å². The van der Waals surface area contributed by atoms with Crippen molar-refractivity contribution in [2.45, 2.75) is 36.5 Å². The smallest absolute Gasteiger partial charge is 0.251 e. The van der Waals surface area contributed by atoms with Crippen LogP contribution < -0.4 is 10.6 Å². The molecule has 1 amide bonds. The Balaban J connectivity index is 1.65. The Morgan fingerprint density at radius 3 is 2.27 bits per heavy atom. The normalized spacial score (nSPS) is 15.6. The van der Waals surface area contributed by atoms with Crippen molar-refractivity contribution in [2.24, 2.45) is 0 Å². The van der Waals surface area contributed by atoms with E-state index in [1.54, 1.807) is 48.5 Å². The van der Waals surface area contributed by atoms with Crippen LogP contribution in [0.2, 0.25) is 0 Å². The van der Waals surface area contributed by atoms with Crippen LogP contribution in [0, 0.1) is 6.92 Å². The van der Waals surface area contributed by atoms with E-state index in [-0.39, 0.29) is 17.7 Å². The average molecular weight is 372 g/mol. The van der Waals surface area contributed by atoms with E-state index in [1.165, 1.54) is 0 Å². The van der Waals surface area contributed by atoms with Crippen LogP contribution >= 0.6 is 0 Å². The molecule has 5 nitrogen and oxygen atoms in total. The zero-order valence-corrected chi connectivity index (χ0v) is 15.7. The number of carbonyl (C=O) groups is 1. The summed E-state index contributed by atoms with van der Waals surface area (Å²) in [6.07, 6.45) is 1.86. The van der Waals surface area contributed by atoms with Crippen molar-refractivity contribution in [1.82, 2.24) is 10.6 Å². The lowest BCUT2D eigenvalue weighted by Crippen LogP contribution is -2.42. The minimum absolute atomic E-state index is 0.0771. The SMILES string of the molecule is Cc1ccc(S(=O)(=O)Cc2ccc(C(=O)NC3CCNCC3)cc2)cc1. The molecule has 6 heteroatoms. The number of hydrogen-bond acceptors (Lipinski definition) is 4. The summed E-state index contributed by atoms with van der Waals surface area (Å²) >= 11 is 0. The molecule has 0 radical (unpaired) electrons. The highest BCUT2D eigenvalue weighted by molar-refractivity contribution is 7.90. The maximum atomic E-state index is 12.5. The first-order chi connectivity index (χ1) is 12.4. The van der Waals surface area contributed by atoms with Gasteiger partial charge >= 0.3 is 0 Å². The van der Waals surface area contributed by atoms with E-state index >= 15 is 0 Å². The van der Waals surface area contributed by atoms with E-state index in [4.69, 9.17) is 0 Å². The van der Waals surface area contributed by atoms with Gasteiger partial charge in [0.2, 0.25) is 0 Å². The Hall–Kier alpha value is -2.18. The second-order valence-electron chi connectivity index (χ2n) is 6.77. The van der Waals surface area contributed by atoms with Gasteiger partial charge in [0.05, 0.1) is 10.6 Å². The lowest BCUT2D eigenvalue weighted by molar-refractivity contribution is 0.0929. The fraction of sp³-hybridized carbons (Fsp3) is 0.350. The number of benzene rings is 2. The van der Waals surface area contributed by atoms with Crippen LogP contribution in [0.15, 0.2) is 53.4 Å². The van der Waals surface area contributed by atoms with Gasteiger partial charge in [-0.3, -0.25) is 4.79 Å². The quantitative estimate of drug-likeness (QED) is 0.845. The number of amides is 1. The molecule has 0 atom stereocenters. The maximum absolute atomic E-state index is 12.5. The summed E-state index contributed by atoms with van der Waals surface area (Å²) in [4.78, 5) is 12.6. The maximum Gasteiger partial charge on any atom is 0.251 e. The standard InChI is InChI=1S/C20H24N2O3S/c1-15-2-8-19(9-3-15)26(24,25)14-16-4-6-17(7-5-16)20(23)22-18-10-12-21-13-11-18/h2-9,18,21H,10-14H2,1H3,(H,22,23). The summed E-state index contributed by atoms with van der Waals surface area (Å²) in [5.41, 5.74) is 2.25. The fourth-order valence-electron chi connectivity index (χ4n) is 3.04. The molecule has 2 aromatic carbocycles. The van der Waals surface area contributed by atoms with Crippen molar-refractivity contribution in [3.63, 3.8) is 0 Å². The van der Waals surface area contributed by atoms with Crippen LogP contribution in [0.5, 0.6) is 0 Å². The number of aryl methyl sites for hydroxylation is 1. The van der Waals surface area contributed by atoms with Gasteiger partial charge in [0, 0.05) is 11.6 Å². The topological polar surface area (TPSA) is 75.3 Å². The lowest BCUT2D eigenvalue weighted by Gasteiger charge is -2.23. The summed E-state index contributed by atoms with van der Waals surface area (Å²) in [7, 11) is -3.39. The Morgan fingerprint density at radius 2 is 1.65 bits per heavy atom. The Labute approximate surface area is 154 Å². The number of piperidine rings is 1. The molecule has 1 aliphatic heterocycles. The van der Waals surface area contributed by atoms with Crippen LogP contribution in [0.4, 0.5) is 0 Å². The first-order valence-corrected chi connectivity index (χ1v) is 10.5. The largest absolute Gasteiger partial charge is 0.349 e. The first kappa shape index (κ1) is 18.6. The predicted molar refractivity (Wildman–Crippen MR) is 102 cm³/mol. The molecule has 0 aromatic heterocycles. The second-order valence-corrected chi connectivity index (χ2v) is 8.76. The number of carbonyl (C=O) groups excluding carboxylic acids is 1. The van der Waals surface area contributed by atoms with E-state index in [0.29, 0.717) is 16.0 Å². The van der Waals surface area contributed by atoms with Crippen molar-refractivity contribution in [3.8, 4) is 0 Å². The minimum atomic E-state index is -3.39. The van der Waals surface area contributed by atoms with Gasteiger partial charge in [0.15, 0.2) is 9.84 Å². The minimum Gasteiger partial charge on any atom is -0.349 e. The Bertz CT molecular complexity index is 853. The molecule has 3 rings (SSSR count). The van der Waals surface area contributed by atoms with Gasteiger partial charge in [0.1, 0.15) is 0 Å². The van der Waals surface area contributed by atoms with Crippen LogP contribution in [-0.2, 0) is 15.6 Å². The molecule has 1 aliphatic rings.